The highest BCUT2D eigenvalue weighted by atomic mass is 35.5. The molecule has 3 nitrogen and oxygen atoms in total. The minimum atomic E-state index is -0.669. The van der Waals surface area contributed by atoms with Gasteiger partial charge in [-0.25, -0.2) is 4.79 Å². The molecule has 2 rings (SSSR count). The van der Waals surface area contributed by atoms with Gasteiger partial charge in [0, 0.05) is 11.6 Å². The highest BCUT2D eigenvalue weighted by Gasteiger charge is 2.23. The molecule has 1 aromatic rings. The van der Waals surface area contributed by atoms with E-state index in [2.05, 4.69) is 0 Å². The number of benzene rings is 1. The molecule has 0 spiro atoms. The van der Waals surface area contributed by atoms with Crippen LogP contribution in [0.5, 0.6) is 5.75 Å². The predicted octanol–water partition coefficient (Wildman–Crippen LogP) is 2.55. The number of hydrogen-bond donors (Lipinski definition) is 0. The van der Waals surface area contributed by atoms with Crippen molar-refractivity contribution in [3.63, 3.8) is 0 Å². The Kier molecular flexibility index (Phi) is 2.64. The highest BCUT2D eigenvalue weighted by molar-refractivity contribution is 6.32. The van der Waals surface area contributed by atoms with Gasteiger partial charge in [0.05, 0.1) is 5.02 Å². The molecule has 1 heterocycles. The van der Waals surface area contributed by atoms with Crippen LogP contribution in [0.4, 0.5) is 0 Å². The van der Waals surface area contributed by atoms with Crippen molar-refractivity contribution in [2.24, 2.45) is 0 Å². The lowest BCUT2D eigenvalue weighted by atomic mass is 10.3. The topological polar surface area (TPSA) is 35.5 Å². The zero-order valence-electron chi connectivity index (χ0n) is 8.07. The summed E-state index contributed by atoms with van der Waals surface area (Å²) in [5.74, 6) is 0.148. The second-order valence-corrected chi connectivity index (χ2v) is 3.58. The van der Waals surface area contributed by atoms with Crippen LogP contribution in [0.15, 0.2) is 35.9 Å². The van der Waals surface area contributed by atoms with E-state index in [-0.39, 0.29) is 5.97 Å². The Labute approximate surface area is 92.3 Å². The SMILES string of the molecule is CC1=CC(Oc2ccccc2Cl)OC1=O. The number of hydrogen-bond acceptors (Lipinski definition) is 3. The lowest BCUT2D eigenvalue weighted by Crippen LogP contribution is -2.15. The number of ether oxygens (including phenoxy) is 2. The summed E-state index contributed by atoms with van der Waals surface area (Å²) in [6.45, 7) is 1.68. The third-order valence-electron chi connectivity index (χ3n) is 2.01. The number of halogens is 1. The van der Waals surface area contributed by atoms with Crippen molar-refractivity contribution in [1.82, 2.24) is 0 Å². The van der Waals surface area contributed by atoms with Crippen LogP contribution in [0.25, 0.3) is 0 Å². The Morgan fingerprint density at radius 1 is 1.40 bits per heavy atom. The van der Waals surface area contributed by atoms with Gasteiger partial charge >= 0.3 is 5.97 Å². The molecule has 1 aliphatic heterocycles. The van der Waals surface area contributed by atoms with Crippen molar-refractivity contribution in [2.75, 3.05) is 0 Å². The van der Waals surface area contributed by atoms with Crippen molar-refractivity contribution >= 4 is 17.6 Å². The fourth-order valence-electron chi connectivity index (χ4n) is 1.23. The quantitative estimate of drug-likeness (QED) is 0.725. The van der Waals surface area contributed by atoms with Crippen LogP contribution in [-0.2, 0) is 9.53 Å². The average molecular weight is 225 g/mol. The van der Waals surface area contributed by atoms with Crippen molar-refractivity contribution < 1.29 is 14.3 Å². The smallest absolute Gasteiger partial charge is 0.336 e. The first-order valence-electron chi connectivity index (χ1n) is 4.47. The summed E-state index contributed by atoms with van der Waals surface area (Å²) < 4.78 is 10.3. The van der Waals surface area contributed by atoms with Gasteiger partial charge in [-0.05, 0) is 19.1 Å². The van der Waals surface area contributed by atoms with Crippen LogP contribution in [0.2, 0.25) is 5.02 Å². The van der Waals surface area contributed by atoms with Crippen LogP contribution in [0.3, 0.4) is 0 Å². The van der Waals surface area contributed by atoms with Gasteiger partial charge in [-0.1, -0.05) is 23.7 Å². The lowest BCUT2D eigenvalue weighted by Gasteiger charge is -2.12. The average Bonchev–Trinajstić information content (AvgIpc) is 2.50. The molecule has 78 valence electrons. The number of rotatable bonds is 2. The fourth-order valence-corrected chi connectivity index (χ4v) is 1.41. The molecule has 0 saturated heterocycles. The molecule has 15 heavy (non-hydrogen) atoms. The molecule has 1 unspecified atom stereocenters. The van der Waals surface area contributed by atoms with Crippen LogP contribution in [-0.4, -0.2) is 12.3 Å². The minimum absolute atomic E-state index is 0.355. The van der Waals surface area contributed by atoms with Gasteiger partial charge in [-0.2, -0.15) is 0 Å². The van der Waals surface area contributed by atoms with E-state index in [1.165, 1.54) is 0 Å². The van der Waals surface area contributed by atoms with E-state index in [1.807, 2.05) is 0 Å². The first-order chi connectivity index (χ1) is 7.16. The van der Waals surface area contributed by atoms with Crippen LogP contribution in [0, 0.1) is 0 Å². The van der Waals surface area contributed by atoms with Crippen molar-refractivity contribution in [2.45, 2.75) is 13.2 Å². The van der Waals surface area contributed by atoms with Gasteiger partial charge in [-0.3, -0.25) is 0 Å². The normalized spacial score (nSPS) is 19.7. The first-order valence-corrected chi connectivity index (χ1v) is 4.85. The summed E-state index contributed by atoms with van der Waals surface area (Å²) in [5.41, 5.74) is 0.548. The lowest BCUT2D eigenvalue weighted by molar-refractivity contribution is -0.148. The Balaban J connectivity index is 2.11. The van der Waals surface area contributed by atoms with E-state index in [9.17, 15) is 4.79 Å². The summed E-state index contributed by atoms with van der Waals surface area (Å²) in [7, 11) is 0. The molecule has 1 aliphatic rings. The van der Waals surface area contributed by atoms with Gasteiger partial charge in [0.2, 0.25) is 0 Å². The molecule has 0 saturated carbocycles. The van der Waals surface area contributed by atoms with E-state index >= 15 is 0 Å². The van der Waals surface area contributed by atoms with Gasteiger partial charge in [-0.15, -0.1) is 0 Å². The molecule has 1 atom stereocenters. The highest BCUT2D eigenvalue weighted by Crippen LogP contribution is 2.26. The van der Waals surface area contributed by atoms with Gasteiger partial charge < -0.3 is 9.47 Å². The zero-order chi connectivity index (χ0) is 10.8. The number of carbonyl (C=O) groups is 1. The monoisotopic (exact) mass is 224 g/mol. The van der Waals surface area contributed by atoms with Gasteiger partial charge in [0.25, 0.3) is 6.29 Å². The second kappa shape index (κ2) is 3.95. The summed E-state index contributed by atoms with van der Waals surface area (Å²) >= 11 is 5.89. The predicted molar refractivity (Wildman–Crippen MR) is 55.7 cm³/mol. The molecule has 0 aliphatic carbocycles. The summed E-state index contributed by atoms with van der Waals surface area (Å²) in [4.78, 5) is 11.1. The number of cyclic esters (lactones) is 1. The maximum atomic E-state index is 11.1. The van der Waals surface area contributed by atoms with Crippen LogP contribution < -0.4 is 4.74 Å². The van der Waals surface area contributed by atoms with Crippen LogP contribution in [0.1, 0.15) is 6.92 Å². The molecule has 0 fully saturated rings. The first kappa shape index (κ1) is 10.1. The molecule has 0 amide bonds. The standard InChI is InChI=1S/C11H9ClO3/c1-7-6-10(15-11(7)13)14-9-5-3-2-4-8(9)12/h2-6,10H,1H3. The Morgan fingerprint density at radius 3 is 2.73 bits per heavy atom. The van der Waals surface area contributed by atoms with E-state index in [0.29, 0.717) is 16.3 Å². The van der Waals surface area contributed by atoms with Crippen molar-refractivity contribution in [3.8, 4) is 5.75 Å². The molecule has 1 aromatic carbocycles. The van der Waals surface area contributed by atoms with E-state index in [1.54, 1.807) is 37.3 Å². The summed E-state index contributed by atoms with van der Waals surface area (Å²) in [6, 6.07) is 7.04. The Bertz CT molecular complexity index is 426. The summed E-state index contributed by atoms with van der Waals surface area (Å²) in [6.07, 6.45) is 0.948. The van der Waals surface area contributed by atoms with E-state index in [0.717, 1.165) is 0 Å². The fraction of sp³-hybridized carbons (Fsp3) is 0.182. The van der Waals surface area contributed by atoms with Crippen molar-refractivity contribution in [1.29, 1.82) is 0 Å². The third-order valence-corrected chi connectivity index (χ3v) is 2.32. The Morgan fingerprint density at radius 2 is 2.13 bits per heavy atom. The van der Waals surface area contributed by atoms with Crippen molar-refractivity contribution in [3.05, 3.63) is 40.9 Å². The molecule has 4 heteroatoms. The van der Waals surface area contributed by atoms with Gasteiger partial charge in [0.1, 0.15) is 5.75 Å². The molecule has 0 N–H and O–H groups in total. The maximum absolute atomic E-state index is 11.1. The number of carbonyl (C=O) groups excluding carboxylic acids is 1. The van der Waals surface area contributed by atoms with Crippen LogP contribution >= 0.6 is 11.6 Å². The molecular weight excluding hydrogens is 216 g/mol. The zero-order valence-corrected chi connectivity index (χ0v) is 8.82. The molecule has 0 bridgehead atoms. The molecule has 0 radical (unpaired) electrons. The molecule has 0 aromatic heterocycles. The minimum Gasteiger partial charge on any atom is -0.449 e. The van der Waals surface area contributed by atoms with E-state index in [4.69, 9.17) is 21.1 Å². The molecular formula is C11H9ClO3. The third kappa shape index (κ3) is 2.13. The Hall–Kier alpha value is -1.48. The number of esters is 1. The maximum Gasteiger partial charge on any atom is 0.336 e. The van der Waals surface area contributed by atoms with Gasteiger partial charge in [0.15, 0.2) is 0 Å². The summed E-state index contributed by atoms with van der Waals surface area (Å²) in [5, 5.41) is 0.492. The number of para-hydroxylation sites is 1. The largest absolute Gasteiger partial charge is 0.449 e. The second-order valence-electron chi connectivity index (χ2n) is 3.17. The van der Waals surface area contributed by atoms with E-state index < -0.39 is 6.29 Å².